The second-order valence-corrected chi connectivity index (χ2v) is 6.31. The van der Waals surface area contributed by atoms with Gasteiger partial charge in [-0.3, -0.25) is 9.88 Å². The van der Waals surface area contributed by atoms with Gasteiger partial charge in [-0.2, -0.15) is 0 Å². The smallest absolute Gasteiger partial charge is 0.232 e. The van der Waals surface area contributed by atoms with Crippen LogP contribution >= 0.6 is 0 Å². The Bertz CT molecular complexity index is 678. The summed E-state index contributed by atoms with van der Waals surface area (Å²) in [5, 5.41) is 0. The normalized spacial score (nSPS) is 15.8. The molecule has 1 aliphatic rings. The van der Waals surface area contributed by atoms with Crippen molar-refractivity contribution in [3.8, 4) is 17.4 Å². The predicted octanol–water partition coefficient (Wildman–Crippen LogP) is 2.85. The van der Waals surface area contributed by atoms with Gasteiger partial charge < -0.3 is 14.2 Å². The van der Waals surface area contributed by atoms with Crippen molar-refractivity contribution in [3.05, 3.63) is 41.9 Å². The second kappa shape index (κ2) is 8.16. The highest BCUT2D eigenvalue weighted by atomic mass is 16.5. The Labute approximate surface area is 148 Å². The van der Waals surface area contributed by atoms with Gasteiger partial charge in [0.2, 0.25) is 5.88 Å². The van der Waals surface area contributed by atoms with Gasteiger partial charge in [-0.25, -0.2) is 4.98 Å². The van der Waals surface area contributed by atoms with Crippen LogP contribution in [0, 0.1) is 6.92 Å². The van der Waals surface area contributed by atoms with Gasteiger partial charge in [0, 0.05) is 31.9 Å². The topological polar surface area (TPSA) is 56.7 Å². The summed E-state index contributed by atoms with van der Waals surface area (Å²) < 4.78 is 16.7. The van der Waals surface area contributed by atoms with Crippen molar-refractivity contribution in [1.29, 1.82) is 0 Å². The Morgan fingerprint density at radius 1 is 1.04 bits per heavy atom. The van der Waals surface area contributed by atoms with Crippen molar-refractivity contribution in [1.82, 2.24) is 14.9 Å². The van der Waals surface area contributed by atoms with Crippen LogP contribution in [0.15, 0.2) is 30.6 Å². The first-order valence-corrected chi connectivity index (χ1v) is 8.56. The lowest BCUT2D eigenvalue weighted by Gasteiger charge is -2.32. The second-order valence-electron chi connectivity index (χ2n) is 6.31. The molecule has 1 saturated heterocycles. The minimum Gasteiger partial charge on any atom is -0.497 e. The van der Waals surface area contributed by atoms with E-state index in [9.17, 15) is 0 Å². The van der Waals surface area contributed by atoms with Crippen LogP contribution in [0.4, 0.5) is 0 Å². The molecular formula is C19H25N3O3. The van der Waals surface area contributed by atoms with E-state index < -0.39 is 0 Å². The summed E-state index contributed by atoms with van der Waals surface area (Å²) >= 11 is 0. The molecule has 1 aromatic heterocycles. The standard InChI is InChI=1S/C19H25N3O3/c1-14-11-20-12-19(21-14)25-16-4-6-22(7-5-16)13-15-8-17(23-2)10-18(9-15)24-3/h8-12,16H,4-7,13H2,1-3H3. The van der Waals surface area contributed by atoms with E-state index in [0.29, 0.717) is 5.88 Å². The predicted molar refractivity (Wildman–Crippen MR) is 95.2 cm³/mol. The zero-order chi connectivity index (χ0) is 17.6. The van der Waals surface area contributed by atoms with E-state index in [0.717, 1.165) is 49.7 Å². The van der Waals surface area contributed by atoms with Crippen LogP contribution in [0.3, 0.4) is 0 Å². The van der Waals surface area contributed by atoms with Gasteiger partial charge in [0.25, 0.3) is 0 Å². The molecule has 1 fully saturated rings. The molecule has 134 valence electrons. The number of methoxy groups -OCH3 is 2. The van der Waals surface area contributed by atoms with Crippen LogP contribution in [0.25, 0.3) is 0 Å². The van der Waals surface area contributed by atoms with Crippen molar-refractivity contribution in [3.63, 3.8) is 0 Å². The van der Waals surface area contributed by atoms with E-state index in [1.165, 1.54) is 5.56 Å². The zero-order valence-corrected chi connectivity index (χ0v) is 15.1. The highest BCUT2D eigenvalue weighted by Crippen LogP contribution is 2.25. The summed E-state index contributed by atoms with van der Waals surface area (Å²) in [6, 6.07) is 6.02. The van der Waals surface area contributed by atoms with E-state index in [1.807, 2.05) is 13.0 Å². The number of piperidine rings is 1. The van der Waals surface area contributed by atoms with Crippen molar-refractivity contribution in [2.24, 2.45) is 0 Å². The zero-order valence-electron chi connectivity index (χ0n) is 15.1. The number of likely N-dealkylation sites (tertiary alicyclic amines) is 1. The molecule has 6 nitrogen and oxygen atoms in total. The van der Waals surface area contributed by atoms with Crippen molar-refractivity contribution in [2.45, 2.75) is 32.4 Å². The molecule has 0 N–H and O–H groups in total. The summed E-state index contributed by atoms with van der Waals surface area (Å²) in [5.41, 5.74) is 2.07. The largest absolute Gasteiger partial charge is 0.497 e. The highest BCUT2D eigenvalue weighted by molar-refractivity contribution is 5.38. The van der Waals surface area contributed by atoms with Crippen LogP contribution in [-0.2, 0) is 6.54 Å². The van der Waals surface area contributed by atoms with Gasteiger partial charge in [0.1, 0.15) is 17.6 Å². The summed E-state index contributed by atoms with van der Waals surface area (Å²) in [5.74, 6) is 2.27. The first-order chi connectivity index (χ1) is 12.2. The molecule has 0 atom stereocenters. The van der Waals surface area contributed by atoms with Gasteiger partial charge in [0.05, 0.1) is 26.1 Å². The Balaban J connectivity index is 1.54. The average molecular weight is 343 g/mol. The van der Waals surface area contributed by atoms with Crippen LogP contribution in [0.5, 0.6) is 17.4 Å². The molecule has 0 saturated carbocycles. The third-order valence-corrected chi connectivity index (χ3v) is 4.37. The molecule has 25 heavy (non-hydrogen) atoms. The van der Waals surface area contributed by atoms with Gasteiger partial charge in [-0.1, -0.05) is 0 Å². The Morgan fingerprint density at radius 2 is 1.72 bits per heavy atom. The monoisotopic (exact) mass is 343 g/mol. The average Bonchev–Trinajstić information content (AvgIpc) is 2.63. The lowest BCUT2D eigenvalue weighted by atomic mass is 10.1. The summed E-state index contributed by atoms with van der Waals surface area (Å²) in [4.78, 5) is 10.9. The maximum Gasteiger partial charge on any atom is 0.232 e. The Kier molecular flexibility index (Phi) is 5.71. The molecule has 3 rings (SSSR count). The van der Waals surface area contributed by atoms with E-state index in [2.05, 4.69) is 27.0 Å². The lowest BCUT2D eigenvalue weighted by Crippen LogP contribution is -2.37. The fraction of sp³-hybridized carbons (Fsp3) is 0.474. The van der Waals surface area contributed by atoms with Gasteiger partial charge in [-0.05, 0) is 37.5 Å². The fourth-order valence-corrected chi connectivity index (χ4v) is 3.07. The third kappa shape index (κ3) is 4.82. The minimum atomic E-state index is 0.201. The first-order valence-electron chi connectivity index (χ1n) is 8.56. The Morgan fingerprint density at radius 3 is 2.32 bits per heavy atom. The first kappa shape index (κ1) is 17.5. The quantitative estimate of drug-likeness (QED) is 0.804. The SMILES string of the molecule is COc1cc(CN2CCC(Oc3cncc(C)n3)CC2)cc(OC)c1. The molecule has 6 heteroatoms. The molecule has 0 unspecified atom stereocenters. The number of aryl methyl sites for hydroxylation is 1. The molecule has 1 aliphatic heterocycles. The number of hydrogen-bond acceptors (Lipinski definition) is 6. The van der Waals surface area contributed by atoms with E-state index >= 15 is 0 Å². The summed E-state index contributed by atoms with van der Waals surface area (Å²) in [7, 11) is 3.35. The summed E-state index contributed by atoms with van der Waals surface area (Å²) in [6.07, 6.45) is 5.58. The van der Waals surface area contributed by atoms with Crippen molar-refractivity contribution in [2.75, 3.05) is 27.3 Å². The van der Waals surface area contributed by atoms with Gasteiger partial charge in [-0.15, -0.1) is 0 Å². The van der Waals surface area contributed by atoms with E-state index in [1.54, 1.807) is 26.6 Å². The molecule has 0 spiro atoms. The fourth-order valence-electron chi connectivity index (χ4n) is 3.07. The molecule has 1 aromatic carbocycles. The van der Waals surface area contributed by atoms with Crippen LogP contribution < -0.4 is 14.2 Å². The van der Waals surface area contributed by atoms with Crippen LogP contribution in [0.1, 0.15) is 24.1 Å². The minimum absolute atomic E-state index is 0.201. The number of nitrogens with zero attached hydrogens (tertiary/aromatic N) is 3. The van der Waals surface area contributed by atoms with Crippen molar-refractivity contribution < 1.29 is 14.2 Å². The number of benzene rings is 1. The maximum atomic E-state index is 5.97. The number of rotatable bonds is 6. The van der Waals surface area contributed by atoms with Gasteiger partial charge >= 0.3 is 0 Å². The molecule has 0 radical (unpaired) electrons. The maximum absolute atomic E-state index is 5.97. The highest BCUT2D eigenvalue weighted by Gasteiger charge is 2.21. The molecule has 0 amide bonds. The van der Waals surface area contributed by atoms with Crippen LogP contribution in [0.2, 0.25) is 0 Å². The van der Waals surface area contributed by atoms with Gasteiger partial charge in [0.15, 0.2) is 0 Å². The number of aromatic nitrogens is 2. The molecular weight excluding hydrogens is 318 g/mol. The molecule has 0 aliphatic carbocycles. The molecule has 2 heterocycles. The van der Waals surface area contributed by atoms with Crippen molar-refractivity contribution >= 4 is 0 Å². The van der Waals surface area contributed by atoms with E-state index in [4.69, 9.17) is 14.2 Å². The number of ether oxygens (including phenoxy) is 3. The van der Waals surface area contributed by atoms with E-state index in [-0.39, 0.29) is 6.10 Å². The summed E-state index contributed by atoms with van der Waals surface area (Å²) in [6.45, 7) is 4.78. The Hall–Kier alpha value is -2.34. The molecule has 0 bridgehead atoms. The lowest BCUT2D eigenvalue weighted by molar-refractivity contribution is 0.0927. The number of hydrogen-bond donors (Lipinski definition) is 0. The van der Waals surface area contributed by atoms with Crippen LogP contribution in [-0.4, -0.2) is 48.3 Å². The molecule has 2 aromatic rings. The third-order valence-electron chi connectivity index (χ3n) is 4.37.